The fourth-order valence-corrected chi connectivity index (χ4v) is 6.28. The maximum Gasteiger partial charge on any atom is 0.200 e. The molecule has 31 heavy (non-hydrogen) atoms. The number of benzene rings is 1. The minimum absolute atomic E-state index is 0.132. The van der Waals surface area contributed by atoms with Crippen LogP contribution in [0.4, 0.5) is 0 Å². The van der Waals surface area contributed by atoms with Gasteiger partial charge in [0, 0.05) is 6.42 Å². The lowest BCUT2D eigenvalue weighted by Crippen LogP contribution is -2.34. The van der Waals surface area contributed by atoms with E-state index in [2.05, 4.69) is 52.0 Å². The van der Waals surface area contributed by atoms with Gasteiger partial charge in [-0.1, -0.05) is 90.2 Å². The van der Waals surface area contributed by atoms with Crippen molar-refractivity contribution in [2.24, 2.45) is 17.8 Å². The molecule has 0 N–H and O–H groups in total. The monoisotopic (exact) mass is 428 g/mol. The zero-order valence-electron chi connectivity index (χ0n) is 20.8. The molecule has 1 aromatic carbocycles. The molecular formula is C29H48O2. The Hall–Kier alpha value is -1.02. The van der Waals surface area contributed by atoms with Crippen molar-refractivity contribution in [2.75, 3.05) is 0 Å². The van der Waals surface area contributed by atoms with Gasteiger partial charge in [0.25, 0.3) is 0 Å². The Kier molecular flexibility index (Phi) is 10.2. The SMILES string of the molecule is CCC(CC)c1ccc(OC(CC(C2CCCCC2)C2CCCCC2)OC(C)C)cc1. The van der Waals surface area contributed by atoms with Gasteiger partial charge >= 0.3 is 0 Å². The first-order valence-electron chi connectivity index (χ1n) is 13.5. The highest BCUT2D eigenvalue weighted by Gasteiger charge is 2.34. The maximum atomic E-state index is 6.52. The normalized spacial score (nSPS) is 20.0. The third kappa shape index (κ3) is 7.52. The Balaban J connectivity index is 1.71. The van der Waals surface area contributed by atoms with Crippen molar-refractivity contribution in [1.82, 2.24) is 0 Å². The van der Waals surface area contributed by atoms with Gasteiger partial charge in [-0.15, -0.1) is 0 Å². The van der Waals surface area contributed by atoms with Crippen LogP contribution in [0.3, 0.4) is 0 Å². The molecule has 0 spiro atoms. The molecule has 1 unspecified atom stereocenters. The van der Waals surface area contributed by atoms with E-state index < -0.39 is 0 Å². The van der Waals surface area contributed by atoms with Gasteiger partial charge in [0.2, 0.25) is 0 Å². The van der Waals surface area contributed by atoms with Crippen LogP contribution in [0.1, 0.15) is 123 Å². The molecule has 2 aliphatic rings. The van der Waals surface area contributed by atoms with Crippen LogP contribution in [0.25, 0.3) is 0 Å². The second kappa shape index (κ2) is 12.9. The number of hydrogen-bond donors (Lipinski definition) is 0. The highest BCUT2D eigenvalue weighted by Crippen LogP contribution is 2.42. The summed E-state index contributed by atoms with van der Waals surface area (Å²) < 4.78 is 12.9. The van der Waals surface area contributed by atoms with Gasteiger partial charge in [0.15, 0.2) is 6.29 Å². The summed E-state index contributed by atoms with van der Waals surface area (Å²) >= 11 is 0. The summed E-state index contributed by atoms with van der Waals surface area (Å²) in [4.78, 5) is 0. The minimum Gasteiger partial charge on any atom is -0.465 e. The van der Waals surface area contributed by atoms with E-state index in [9.17, 15) is 0 Å². The highest BCUT2D eigenvalue weighted by atomic mass is 16.7. The second-order valence-corrected chi connectivity index (χ2v) is 10.5. The quantitative estimate of drug-likeness (QED) is 0.328. The van der Waals surface area contributed by atoms with Crippen molar-refractivity contribution in [3.8, 4) is 5.75 Å². The van der Waals surface area contributed by atoms with E-state index >= 15 is 0 Å². The lowest BCUT2D eigenvalue weighted by molar-refractivity contribution is -0.127. The van der Waals surface area contributed by atoms with Crippen LogP contribution in [0.5, 0.6) is 5.75 Å². The molecule has 2 fully saturated rings. The topological polar surface area (TPSA) is 18.5 Å². The standard InChI is InChI=1S/C29H48O2/c1-5-23(6-2)24-17-19-27(20-18-24)31-29(30-22(3)4)21-28(25-13-9-7-10-14-25)26-15-11-8-12-16-26/h17-20,22-23,25-26,28-29H,5-16,21H2,1-4H3. The molecule has 3 rings (SSSR count). The van der Waals surface area contributed by atoms with Crippen molar-refractivity contribution in [2.45, 2.75) is 129 Å². The van der Waals surface area contributed by atoms with E-state index in [4.69, 9.17) is 9.47 Å². The number of hydrogen-bond acceptors (Lipinski definition) is 2. The highest BCUT2D eigenvalue weighted by molar-refractivity contribution is 5.29. The van der Waals surface area contributed by atoms with E-state index in [1.165, 1.54) is 82.6 Å². The van der Waals surface area contributed by atoms with Gasteiger partial charge in [-0.2, -0.15) is 0 Å². The van der Waals surface area contributed by atoms with Crippen molar-refractivity contribution in [3.05, 3.63) is 29.8 Å². The Labute approximate surface area is 192 Å². The number of rotatable bonds is 11. The lowest BCUT2D eigenvalue weighted by atomic mass is 9.68. The summed E-state index contributed by atoms with van der Waals surface area (Å²) in [6.45, 7) is 8.84. The van der Waals surface area contributed by atoms with Crippen molar-refractivity contribution >= 4 is 0 Å². The van der Waals surface area contributed by atoms with E-state index in [1.807, 2.05) is 0 Å². The summed E-state index contributed by atoms with van der Waals surface area (Å²) in [5.74, 6) is 4.12. The molecule has 1 atom stereocenters. The molecule has 0 radical (unpaired) electrons. The van der Waals surface area contributed by atoms with Gasteiger partial charge in [0.05, 0.1) is 6.10 Å². The molecule has 2 aliphatic carbocycles. The van der Waals surface area contributed by atoms with Crippen molar-refractivity contribution in [3.63, 3.8) is 0 Å². The van der Waals surface area contributed by atoms with Crippen LogP contribution in [-0.4, -0.2) is 12.4 Å². The van der Waals surface area contributed by atoms with Crippen LogP contribution in [0.15, 0.2) is 24.3 Å². The van der Waals surface area contributed by atoms with Crippen LogP contribution in [-0.2, 0) is 4.74 Å². The van der Waals surface area contributed by atoms with Crippen molar-refractivity contribution in [1.29, 1.82) is 0 Å². The Bertz CT molecular complexity index is 574. The third-order valence-electron chi connectivity index (χ3n) is 8.00. The largest absolute Gasteiger partial charge is 0.465 e. The number of ether oxygens (including phenoxy) is 2. The van der Waals surface area contributed by atoms with Gasteiger partial charge < -0.3 is 9.47 Å². The first kappa shape index (κ1) is 24.6. The predicted molar refractivity (Wildman–Crippen MR) is 132 cm³/mol. The molecule has 176 valence electrons. The fourth-order valence-electron chi connectivity index (χ4n) is 6.28. The van der Waals surface area contributed by atoms with Crippen LogP contribution >= 0.6 is 0 Å². The molecule has 2 heteroatoms. The fraction of sp³-hybridized carbons (Fsp3) is 0.793. The maximum absolute atomic E-state index is 6.52. The molecule has 0 saturated heterocycles. The summed E-state index contributed by atoms with van der Waals surface area (Å²) in [7, 11) is 0. The van der Waals surface area contributed by atoms with E-state index in [-0.39, 0.29) is 12.4 Å². The minimum atomic E-state index is -0.132. The Morgan fingerprint density at radius 3 is 1.74 bits per heavy atom. The smallest absolute Gasteiger partial charge is 0.200 e. The molecule has 0 amide bonds. The molecule has 0 aliphatic heterocycles. The summed E-state index contributed by atoms with van der Waals surface area (Å²) in [5.41, 5.74) is 1.43. The average molecular weight is 429 g/mol. The Morgan fingerprint density at radius 1 is 0.774 bits per heavy atom. The van der Waals surface area contributed by atoms with Gasteiger partial charge in [0.1, 0.15) is 5.75 Å². The van der Waals surface area contributed by atoms with Crippen LogP contribution < -0.4 is 4.74 Å². The van der Waals surface area contributed by atoms with Crippen LogP contribution in [0.2, 0.25) is 0 Å². The molecule has 0 aromatic heterocycles. The molecule has 2 nitrogen and oxygen atoms in total. The third-order valence-corrected chi connectivity index (χ3v) is 8.00. The molecule has 1 aromatic rings. The predicted octanol–water partition coefficient (Wildman–Crippen LogP) is 8.89. The van der Waals surface area contributed by atoms with Gasteiger partial charge in [-0.25, -0.2) is 0 Å². The van der Waals surface area contributed by atoms with Crippen LogP contribution in [0, 0.1) is 17.8 Å². The van der Waals surface area contributed by atoms with Gasteiger partial charge in [-0.3, -0.25) is 0 Å². The van der Waals surface area contributed by atoms with E-state index in [0.29, 0.717) is 5.92 Å². The van der Waals surface area contributed by atoms with E-state index in [1.54, 1.807) is 0 Å². The summed E-state index contributed by atoms with van der Waals surface area (Å²) in [6, 6.07) is 8.86. The zero-order valence-corrected chi connectivity index (χ0v) is 20.8. The Morgan fingerprint density at radius 2 is 1.29 bits per heavy atom. The van der Waals surface area contributed by atoms with E-state index in [0.717, 1.165) is 29.9 Å². The van der Waals surface area contributed by atoms with Crippen molar-refractivity contribution < 1.29 is 9.47 Å². The summed E-state index contributed by atoms with van der Waals surface area (Å²) in [5, 5.41) is 0. The average Bonchev–Trinajstić information content (AvgIpc) is 2.80. The molecular weight excluding hydrogens is 380 g/mol. The second-order valence-electron chi connectivity index (χ2n) is 10.5. The molecule has 2 saturated carbocycles. The molecule has 0 heterocycles. The lowest BCUT2D eigenvalue weighted by Gasteiger charge is -2.39. The first-order valence-corrected chi connectivity index (χ1v) is 13.5. The molecule has 0 bridgehead atoms. The summed E-state index contributed by atoms with van der Waals surface area (Å²) in [6.07, 6.45) is 17.7. The van der Waals surface area contributed by atoms with Gasteiger partial charge in [-0.05, 0) is 68.1 Å². The zero-order chi connectivity index (χ0) is 22.1. The first-order chi connectivity index (χ1) is 15.1.